The van der Waals surface area contributed by atoms with E-state index in [-0.39, 0.29) is 6.17 Å². The van der Waals surface area contributed by atoms with Gasteiger partial charge in [-0.2, -0.15) is 5.10 Å². The Morgan fingerprint density at radius 1 is 1.18 bits per heavy atom. The van der Waals surface area contributed by atoms with Crippen LogP contribution < -0.4 is 5.32 Å². The molecule has 0 saturated heterocycles. The number of hydrogen-bond donors (Lipinski definition) is 1. The van der Waals surface area contributed by atoms with Gasteiger partial charge < -0.3 is 9.73 Å². The lowest BCUT2D eigenvalue weighted by Gasteiger charge is -2.19. The fraction of sp³-hybridized carbons (Fsp3) is 0.250. The molecule has 0 fully saturated rings. The molecule has 0 aromatic carbocycles. The smallest absolute Gasteiger partial charge is 0.180 e. The zero-order chi connectivity index (χ0) is 15.7. The van der Waals surface area contributed by atoms with Crippen LogP contribution in [0.5, 0.6) is 0 Å². The number of halogens is 1. The van der Waals surface area contributed by atoms with Crippen molar-refractivity contribution in [3.05, 3.63) is 63.9 Å². The fourth-order valence-electron chi connectivity index (χ4n) is 2.36. The average Bonchev–Trinajstić information content (AvgIpc) is 3.04. The van der Waals surface area contributed by atoms with Gasteiger partial charge in [-0.25, -0.2) is 9.67 Å². The summed E-state index contributed by atoms with van der Waals surface area (Å²) >= 11 is 3.39. The molecule has 0 amide bonds. The molecule has 6 heteroatoms. The first-order valence-corrected chi connectivity index (χ1v) is 7.79. The molecule has 1 N–H and O–H groups in total. The Morgan fingerprint density at radius 3 is 2.55 bits per heavy atom. The van der Waals surface area contributed by atoms with Crippen LogP contribution in [0.2, 0.25) is 0 Å². The zero-order valence-electron chi connectivity index (χ0n) is 12.7. The van der Waals surface area contributed by atoms with Crippen LogP contribution in [0.3, 0.4) is 0 Å². The molecule has 0 aliphatic heterocycles. The second-order valence-corrected chi connectivity index (χ2v) is 6.14. The summed E-state index contributed by atoms with van der Waals surface area (Å²) in [5.41, 5.74) is 2.03. The molecule has 1 atom stereocenters. The van der Waals surface area contributed by atoms with Crippen LogP contribution in [0.1, 0.15) is 29.1 Å². The number of rotatable bonds is 4. The third-order valence-electron chi connectivity index (χ3n) is 3.33. The predicted molar refractivity (Wildman–Crippen MR) is 88.8 cm³/mol. The van der Waals surface area contributed by atoms with Gasteiger partial charge in [-0.05, 0) is 67.0 Å². The lowest BCUT2D eigenvalue weighted by Crippen LogP contribution is -2.22. The first kappa shape index (κ1) is 14.8. The summed E-state index contributed by atoms with van der Waals surface area (Å²) in [7, 11) is 0. The highest BCUT2D eigenvalue weighted by Gasteiger charge is 2.20. The molecule has 3 aromatic rings. The number of furan rings is 1. The Bertz CT molecular complexity index is 776. The first-order chi connectivity index (χ1) is 10.5. The molecule has 0 bridgehead atoms. The van der Waals surface area contributed by atoms with E-state index < -0.39 is 0 Å². The Balaban J connectivity index is 1.99. The molecule has 5 nitrogen and oxygen atoms in total. The number of nitrogens with zero attached hydrogens (tertiary/aromatic N) is 3. The maximum absolute atomic E-state index is 5.80. The second kappa shape index (κ2) is 5.96. The SMILES string of the molecule is Cc1cc(C)n([C@@H](Nc2ccc(Br)cn2)c2ccc(C)o2)n1. The normalized spacial score (nSPS) is 12.4. The Morgan fingerprint density at radius 2 is 2.00 bits per heavy atom. The molecular formula is C16H17BrN4O. The number of aromatic nitrogens is 3. The standard InChI is InChI=1S/C16H17BrN4O/c1-10-8-11(2)21(20-10)16(14-6-4-12(3)22-14)19-15-7-5-13(17)9-18-15/h4-9,16H,1-3H3,(H,18,19)/t16-/m1/s1. The van der Waals surface area contributed by atoms with E-state index in [4.69, 9.17) is 4.42 Å². The summed E-state index contributed by atoms with van der Waals surface area (Å²) in [6.07, 6.45) is 1.52. The maximum Gasteiger partial charge on any atom is 0.180 e. The quantitative estimate of drug-likeness (QED) is 0.756. The third kappa shape index (κ3) is 3.06. The van der Waals surface area contributed by atoms with Gasteiger partial charge in [0.25, 0.3) is 0 Å². The molecular weight excluding hydrogens is 344 g/mol. The van der Waals surface area contributed by atoms with Gasteiger partial charge in [-0.1, -0.05) is 0 Å². The van der Waals surface area contributed by atoms with Gasteiger partial charge in [0.15, 0.2) is 6.17 Å². The van der Waals surface area contributed by atoms with Crippen molar-refractivity contribution in [1.82, 2.24) is 14.8 Å². The van der Waals surface area contributed by atoms with Crippen LogP contribution >= 0.6 is 15.9 Å². The number of pyridine rings is 1. The molecule has 22 heavy (non-hydrogen) atoms. The van der Waals surface area contributed by atoms with Gasteiger partial charge in [0.05, 0.1) is 5.69 Å². The van der Waals surface area contributed by atoms with Crippen LogP contribution in [0, 0.1) is 20.8 Å². The van der Waals surface area contributed by atoms with Gasteiger partial charge in [0, 0.05) is 16.4 Å². The van der Waals surface area contributed by atoms with Crippen molar-refractivity contribution in [3.8, 4) is 0 Å². The molecule has 0 radical (unpaired) electrons. The van der Waals surface area contributed by atoms with E-state index in [1.165, 1.54) is 0 Å². The second-order valence-electron chi connectivity index (χ2n) is 5.23. The van der Waals surface area contributed by atoms with E-state index in [1.54, 1.807) is 6.20 Å². The summed E-state index contributed by atoms with van der Waals surface area (Å²) < 4.78 is 8.65. The van der Waals surface area contributed by atoms with Crippen molar-refractivity contribution in [2.24, 2.45) is 0 Å². The van der Waals surface area contributed by atoms with Crippen molar-refractivity contribution in [3.63, 3.8) is 0 Å². The Kier molecular flexibility index (Phi) is 4.02. The Labute approximate surface area is 137 Å². The van der Waals surface area contributed by atoms with Crippen LogP contribution in [-0.4, -0.2) is 14.8 Å². The van der Waals surface area contributed by atoms with E-state index in [0.717, 1.165) is 33.2 Å². The number of hydrogen-bond acceptors (Lipinski definition) is 4. The van der Waals surface area contributed by atoms with Gasteiger partial charge in [-0.15, -0.1) is 0 Å². The zero-order valence-corrected chi connectivity index (χ0v) is 14.3. The highest BCUT2D eigenvalue weighted by Crippen LogP contribution is 2.24. The van der Waals surface area contributed by atoms with Crippen LogP contribution in [0.15, 0.2) is 45.4 Å². The molecule has 0 aliphatic rings. The monoisotopic (exact) mass is 360 g/mol. The summed E-state index contributed by atoms with van der Waals surface area (Å²) in [5, 5.41) is 7.95. The average molecular weight is 361 g/mol. The van der Waals surface area contributed by atoms with E-state index in [2.05, 4.69) is 31.3 Å². The largest absolute Gasteiger partial charge is 0.462 e. The summed E-state index contributed by atoms with van der Waals surface area (Å²) in [5.74, 6) is 2.43. The van der Waals surface area contributed by atoms with Crippen molar-refractivity contribution in [1.29, 1.82) is 0 Å². The molecule has 3 aromatic heterocycles. The molecule has 0 unspecified atom stereocenters. The molecule has 0 spiro atoms. The minimum absolute atomic E-state index is 0.240. The summed E-state index contributed by atoms with van der Waals surface area (Å²) in [4.78, 5) is 4.37. The minimum Gasteiger partial charge on any atom is -0.462 e. The van der Waals surface area contributed by atoms with Crippen LogP contribution in [0.25, 0.3) is 0 Å². The lowest BCUT2D eigenvalue weighted by atomic mass is 10.3. The van der Waals surface area contributed by atoms with Crippen molar-refractivity contribution in [2.75, 3.05) is 5.32 Å². The number of aryl methyl sites for hydroxylation is 3. The lowest BCUT2D eigenvalue weighted by molar-refractivity contribution is 0.412. The van der Waals surface area contributed by atoms with Gasteiger partial charge in [-0.3, -0.25) is 0 Å². The molecule has 0 aliphatic carbocycles. The molecule has 114 valence electrons. The fourth-order valence-corrected chi connectivity index (χ4v) is 2.60. The van der Waals surface area contributed by atoms with Gasteiger partial charge in [0.1, 0.15) is 17.3 Å². The van der Waals surface area contributed by atoms with Crippen LogP contribution in [0.4, 0.5) is 5.82 Å². The molecule has 0 saturated carbocycles. The van der Waals surface area contributed by atoms with Crippen molar-refractivity contribution < 1.29 is 4.42 Å². The highest BCUT2D eigenvalue weighted by atomic mass is 79.9. The minimum atomic E-state index is -0.240. The molecule has 3 rings (SSSR count). The van der Waals surface area contributed by atoms with Gasteiger partial charge in [0.2, 0.25) is 0 Å². The Hall–Kier alpha value is -2.08. The van der Waals surface area contributed by atoms with Gasteiger partial charge >= 0.3 is 0 Å². The maximum atomic E-state index is 5.80. The van der Waals surface area contributed by atoms with E-state index >= 15 is 0 Å². The summed E-state index contributed by atoms with van der Waals surface area (Å²) in [6, 6.07) is 9.81. The third-order valence-corrected chi connectivity index (χ3v) is 3.80. The van der Waals surface area contributed by atoms with Crippen molar-refractivity contribution in [2.45, 2.75) is 26.9 Å². The topological polar surface area (TPSA) is 55.9 Å². The van der Waals surface area contributed by atoms with Crippen molar-refractivity contribution >= 4 is 21.7 Å². The summed E-state index contributed by atoms with van der Waals surface area (Å²) in [6.45, 7) is 5.94. The first-order valence-electron chi connectivity index (χ1n) is 7.00. The highest BCUT2D eigenvalue weighted by molar-refractivity contribution is 9.10. The van der Waals surface area contributed by atoms with E-state index in [1.807, 2.05) is 55.8 Å². The predicted octanol–water partition coefficient (Wildman–Crippen LogP) is 4.22. The molecule has 3 heterocycles. The number of anilines is 1. The van der Waals surface area contributed by atoms with E-state index in [9.17, 15) is 0 Å². The van der Waals surface area contributed by atoms with Crippen LogP contribution in [-0.2, 0) is 0 Å². The number of nitrogens with one attached hydrogen (secondary N) is 1. The van der Waals surface area contributed by atoms with E-state index in [0.29, 0.717) is 0 Å².